The van der Waals surface area contributed by atoms with Gasteiger partial charge in [0.1, 0.15) is 0 Å². The van der Waals surface area contributed by atoms with Crippen LogP contribution in [-0.2, 0) is 22.4 Å². The molecule has 2 rings (SSSR count). The van der Waals surface area contributed by atoms with Crippen LogP contribution in [0.2, 0.25) is 0 Å². The molecule has 0 aliphatic carbocycles. The largest absolute Gasteiger partial charge is 0.493 e. The van der Waals surface area contributed by atoms with Crippen molar-refractivity contribution in [3.63, 3.8) is 0 Å². The van der Waals surface area contributed by atoms with Crippen molar-refractivity contribution in [2.45, 2.75) is 19.8 Å². The van der Waals surface area contributed by atoms with Crippen molar-refractivity contribution in [1.82, 2.24) is 5.32 Å². The highest BCUT2D eigenvalue weighted by atomic mass is 16.5. The third-order valence-electron chi connectivity index (χ3n) is 3.90. The number of aryl methyl sites for hydroxylation is 1. The van der Waals surface area contributed by atoms with E-state index in [4.69, 9.17) is 9.47 Å². The highest BCUT2D eigenvalue weighted by molar-refractivity contribution is 5.94. The van der Waals surface area contributed by atoms with Gasteiger partial charge in [0.05, 0.1) is 27.2 Å². The summed E-state index contributed by atoms with van der Waals surface area (Å²) in [6.07, 6.45) is 1.10. The minimum absolute atomic E-state index is 0.0817. The van der Waals surface area contributed by atoms with Gasteiger partial charge in [-0.3, -0.25) is 9.59 Å². The molecule has 2 amide bonds. The standard InChI is InChI=1S/C20H24N2O4/c1-4-14-5-8-16(9-6-14)22-20(24)13-21-19(23)12-15-7-10-17(25-2)18(11-15)26-3/h5-11H,4,12-13H2,1-3H3,(H,21,23)(H,22,24). The van der Waals surface area contributed by atoms with E-state index in [-0.39, 0.29) is 24.8 Å². The van der Waals surface area contributed by atoms with Crippen molar-refractivity contribution in [1.29, 1.82) is 0 Å². The summed E-state index contributed by atoms with van der Waals surface area (Å²) >= 11 is 0. The molecule has 0 radical (unpaired) electrons. The lowest BCUT2D eigenvalue weighted by molar-refractivity contribution is -0.123. The summed E-state index contributed by atoms with van der Waals surface area (Å²) in [6.45, 7) is 1.99. The third-order valence-corrected chi connectivity index (χ3v) is 3.90. The van der Waals surface area contributed by atoms with Crippen LogP contribution < -0.4 is 20.1 Å². The van der Waals surface area contributed by atoms with Crippen molar-refractivity contribution < 1.29 is 19.1 Å². The highest BCUT2D eigenvalue weighted by Crippen LogP contribution is 2.27. The fourth-order valence-electron chi connectivity index (χ4n) is 2.45. The van der Waals surface area contributed by atoms with Crippen LogP contribution in [0.4, 0.5) is 5.69 Å². The molecule has 0 fully saturated rings. The monoisotopic (exact) mass is 356 g/mol. The number of hydrogen-bond acceptors (Lipinski definition) is 4. The molecule has 0 aromatic heterocycles. The van der Waals surface area contributed by atoms with E-state index < -0.39 is 0 Å². The van der Waals surface area contributed by atoms with E-state index in [2.05, 4.69) is 17.6 Å². The Morgan fingerprint density at radius 2 is 1.54 bits per heavy atom. The molecule has 0 saturated heterocycles. The second-order valence-corrected chi connectivity index (χ2v) is 5.74. The quantitative estimate of drug-likeness (QED) is 0.762. The Hall–Kier alpha value is -3.02. The number of carbonyl (C=O) groups is 2. The zero-order chi connectivity index (χ0) is 18.9. The number of hydrogen-bond donors (Lipinski definition) is 2. The average molecular weight is 356 g/mol. The molecule has 6 nitrogen and oxygen atoms in total. The molecule has 0 aliphatic rings. The number of benzene rings is 2. The minimum Gasteiger partial charge on any atom is -0.493 e. The van der Waals surface area contributed by atoms with E-state index in [9.17, 15) is 9.59 Å². The Balaban J connectivity index is 1.83. The van der Waals surface area contributed by atoms with Crippen molar-refractivity contribution >= 4 is 17.5 Å². The van der Waals surface area contributed by atoms with Gasteiger partial charge in [-0.2, -0.15) is 0 Å². The highest BCUT2D eigenvalue weighted by Gasteiger charge is 2.10. The second-order valence-electron chi connectivity index (χ2n) is 5.74. The molecule has 2 aromatic rings. The topological polar surface area (TPSA) is 76.7 Å². The predicted octanol–water partition coefficient (Wildman–Crippen LogP) is 2.56. The third kappa shape index (κ3) is 5.51. The molecule has 0 spiro atoms. The molecule has 0 heterocycles. The SMILES string of the molecule is CCc1ccc(NC(=O)CNC(=O)Cc2ccc(OC)c(OC)c2)cc1. The number of amides is 2. The first-order valence-electron chi connectivity index (χ1n) is 8.42. The fraction of sp³-hybridized carbons (Fsp3) is 0.300. The lowest BCUT2D eigenvalue weighted by atomic mass is 10.1. The molecule has 0 aliphatic heterocycles. The summed E-state index contributed by atoms with van der Waals surface area (Å²) in [6, 6.07) is 12.9. The van der Waals surface area contributed by atoms with E-state index in [1.54, 1.807) is 32.4 Å². The van der Waals surface area contributed by atoms with Crippen molar-refractivity contribution in [2.24, 2.45) is 0 Å². The number of rotatable bonds is 8. The van der Waals surface area contributed by atoms with Gasteiger partial charge in [-0.15, -0.1) is 0 Å². The molecule has 2 N–H and O–H groups in total. The molecule has 6 heteroatoms. The number of anilines is 1. The maximum Gasteiger partial charge on any atom is 0.243 e. The molecule has 0 bridgehead atoms. The van der Waals surface area contributed by atoms with E-state index in [1.165, 1.54) is 5.56 Å². The number of nitrogens with one attached hydrogen (secondary N) is 2. The maximum atomic E-state index is 12.0. The van der Waals surface area contributed by atoms with Crippen LogP contribution in [0.1, 0.15) is 18.1 Å². The number of methoxy groups -OCH3 is 2. The van der Waals surface area contributed by atoms with Crippen molar-refractivity contribution in [3.05, 3.63) is 53.6 Å². The molecular formula is C20H24N2O4. The summed E-state index contributed by atoms with van der Waals surface area (Å²) in [7, 11) is 3.09. The van der Waals surface area contributed by atoms with Gasteiger partial charge in [-0.25, -0.2) is 0 Å². The zero-order valence-electron chi connectivity index (χ0n) is 15.3. The smallest absolute Gasteiger partial charge is 0.243 e. The number of ether oxygens (including phenoxy) is 2. The van der Waals surface area contributed by atoms with Crippen LogP contribution in [0.25, 0.3) is 0 Å². The lowest BCUT2D eigenvalue weighted by Gasteiger charge is -2.10. The zero-order valence-corrected chi connectivity index (χ0v) is 15.3. The van der Waals surface area contributed by atoms with Gasteiger partial charge in [0.2, 0.25) is 11.8 Å². The summed E-state index contributed by atoms with van der Waals surface area (Å²) < 4.78 is 10.4. The second kappa shape index (κ2) is 9.46. The van der Waals surface area contributed by atoms with Gasteiger partial charge in [-0.05, 0) is 41.8 Å². The van der Waals surface area contributed by atoms with Crippen molar-refractivity contribution in [3.8, 4) is 11.5 Å². The molecular weight excluding hydrogens is 332 g/mol. The van der Waals surface area contributed by atoms with Gasteiger partial charge in [0.15, 0.2) is 11.5 Å². The Morgan fingerprint density at radius 3 is 2.15 bits per heavy atom. The van der Waals surface area contributed by atoms with E-state index >= 15 is 0 Å². The summed E-state index contributed by atoms with van der Waals surface area (Å²) in [4.78, 5) is 24.0. The lowest BCUT2D eigenvalue weighted by Crippen LogP contribution is -2.33. The summed E-state index contributed by atoms with van der Waals surface area (Å²) in [5.74, 6) is 0.653. The molecule has 0 atom stereocenters. The van der Waals surface area contributed by atoms with Crippen LogP contribution in [0.15, 0.2) is 42.5 Å². The van der Waals surface area contributed by atoms with Gasteiger partial charge in [0, 0.05) is 5.69 Å². The predicted molar refractivity (Wildman–Crippen MR) is 101 cm³/mol. The van der Waals surface area contributed by atoms with Gasteiger partial charge < -0.3 is 20.1 Å². The van der Waals surface area contributed by atoms with Gasteiger partial charge in [0.25, 0.3) is 0 Å². The summed E-state index contributed by atoms with van der Waals surface area (Å²) in [5.41, 5.74) is 2.68. The molecule has 0 saturated carbocycles. The first-order valence-corrected chi connectivity index (χ1v) is 8.42. The van der Waals surface area contributed by atoms with Crippen LogP contribution >= 0.6 is 0 Å². The maximum absolute atomic E-state index is 12.0. The van der Waals surface area contributed by atoms with Crippen molar-refractivity contribution in [2.75, 3.05) is 26.1 Å². The Bertz CT molecular complexity index is 757. The van der Waals surface area contributed by atoms with Gasteiger partial charge in [-0.1, -0.05) is 25.1 Å². The number of carbonyl (C=O) groups excluding carboxylic acids is 2. The summed E-state index contributed by atoms with van der Waals surface area (Å²) in [5, 5.41) is 5.37. The van der Waals surface area contributed by atoms with E-state index in [1.807, 2.05) is 24.3 Å². The molecule has 2 aromatic carbocycles. The Morgan fingerprint density at radius 1 is 0.885 bits per heavy atom. The molecule has 26 heavy (non-hydrogen) atoms. The minimum atomic E-state index is -0.269. The molecule has 138 valence electrons. The molecule has 0 unspecified atom stereocenters. The van der Waals surface area contributed by atoms with Crippen LogP contribution in [-0.4, -0.2) is 32.6 Å². The van der Waals surface area contributed by atoms with Gasteiger partial charge >= 0.3 is 0 Å². The van der Waals surface area contributed by atoms with Crippen LogP contribution in [0, 0.1) is 0 Å². The Kier molecular flexibility index (Phi) is 7.02. The fourth-order valence-corrected chi connectivity index (χ4v) is 2.45. The van der Waals surface area contributed by atoms with E-state index in [0.717, 1.165) is 12.0 Å². The van der Waals surface area contributed by atoms with Crippen LogP contribution in [0.5, 0.6) is 11.5 Å². The Labute approximate surface area is 153 Å². The normalized spacial score (nSPS) is 10.1. The van der Waals surface area contributed by atoms with E-state index in [0.29, 0.717) is 17.2 Å². The first kappa shape index (κ1) is 19.3. The first-order chi connectivity index (χ1) is 12.5. The van der Waals surface area contributed by atoms with Crippen LogP contribution in [0.3, 0.4) is 0 Å². The average Bonchev–Trinajstić information content (AvgIpc) is 2.67.